The van der Waals surface area contributed by atoms with Gasteiger partial charge in [-0.1, -0.05) is 17.3 Å². The Kier molecular flexibility index (Phi) is 4.31. The average Bonchev–Trinajstić information content (AvgIpc) is 2.91. The maximum atomic E-state index is 11.2. The van der Waals surface area contributed by atoms with Gasteiger partial charge < -0.3 is 4.74 Å². The number of benzene rings is 1. The number of nitrogen functional groups attached to an aromatic ring is 1. The van der Waals surface area contributed by atoms with Crippen LogP contribution in [0.4, 0.5) is 0 Å². The van der Waals surface area contributed by atoms with Crippen LogP contribution in [0.1, 0.15) is 21.6 Å². The van der Waals surface area contributed by atoms with E-state index >= 15 is 0 Å². The van der Waals surface area contributed by atoms with Crippen molar-refractivity contribution in [1.82, 2.24) is 20.4 Å². The molecular weight excluding hydrogens is 258 g/mol. The van der Waals surface area contributed by atoms with Crippen LogP contribution in [0.2, 0.25) is 0 Å². The molecule has 106 valence electrons. The number of aryl methyl sites for hydroxylation is 1. The summed E-state index contributed by atoms with van der Waals surface area (Å²) >= 11 is 0. The number of carbonyl (C=O) groups is 1. The van der Waals surface area contributed by atoms with Crippen LogP contribution in [-0.4, -0.2) is 27.5 Å². The summed E-state index contributed by atoms with van der Waals surface area (Å²) in [5, 5.41) is 7.54. The summed E-state index contributed by atoms with van der Waals surface area (Å²) in [6, 6.07) is 5.92. The third-order valence-corrected chi connectivity index (χ3v) is 3.04. The lowest BCUT2D eigenvalue weighted by Gasteiger charge is -2.10. The second-order valence-corrected chi connectivity index (χ2v) is 4.39. The molecule has 0 aliphatic rings. The molecule has 0 fully saturated rings. The topological polar surface area (TPSA) is 95.1 Å². The van der Waals surface area contributed by atoms with E-state index in [-0.39, 0.29) is 5.69 Å². The largest absolute Gasteiger partial charge is 0.491 e. The number of nitrogens with one attached hydrogen (secondary N) is 1. The van der Waals surface area contributed by atoms with Gasteiger partial charge in [0, 0.05) is 0 Å². The molecule has 7 nitrogen and oxygen atoms in total. The standard InChI is InChI=1S/C13H17N5O2/c1-9-4-3-5-12(10(9)2)20-7-6-18-8-11(16-17-18)13(19)15-14/h3-5,8H,6-7,14H2,1-2H3,(H,15,19). The number of hydrogen-bond acceptors (Lipinski definition) is 5. The van der Waals surface area contributed by atoms with Crippen LogP contribution in [0.5, 0.6) is 5.75 Å². The highest BCUT2D eigenvalue weighted by Gasteiger charge is 2.08. The Labute approximate surface area is 116 Å². The highest BCUT2D eigenvalue weighted by Crippen LogP contribution is 2.20. The molecule has 0 aliphatic carbocycles. The van der Waals surface area contributed by atoms with Crippen molar-refractivity contribution < 1.29 is 9.53 Å². The zero-order chi connectivity index (χ0) is 14.5. The van der Waals surface area contributed by atoms with Crippen molar-refractivity contribution in [3.8, 4) is 5.75 Å². The SMILES string of the molecule is Cc1cccc(OCCn2cc(C(=O)NN)nn2)c1C. The molecule has 0 saturated heterocycles. The molecule has 1 heterocycles. The summed E-state index contributed by atoms with van der Waals surface area (Å²) < 4.78 is 7.24. The monoisotopic (exact) mass is 275 g/mol. The van der Waals surface area contributed by atoms with Crippen LogP contribution >= 0.6 is 0 Å². The minimum Gasteiger partial charge on any atom is -0.491 e. The zero-order valence-corrected chi connectivity index (χ0v) is 11.5. The normalized spacial score (nSPS) is 10.3. The number of nitrogens with zero attached hydrogens (tertiary/aromatic N) is 3. The van der Waals surface area contributed by atoms with E-state index in [9.17, 15) is 4.79 Å². The number of carbonyl (C=O) groups excluding carboxylic acids is 1. The highest BCUT2D eigenvalue weighted by molar-refractivity contribution is 5.91. The lowest BCUT2D eigenvalue weighted by molar-refractivity contribution is 0.0948. The van der Waals surface area contributed by atoms with E-state index in [0.29, 0.717) is 13.2 Å². The maximum Gasteiger partial charge on any atom is 0.287 e. The fourth-order valence-electron chi connectivity index (χ4n) is 1.72. The number of amides is 1. The Morgan fingerprint density at radius 2 is 2.25 bits per heavy atom. The Hall–Kier alpha value is -2.41. The summed E-state index contributed by atoms with van der Waals surface area (Å²) in [7, 11) is 0. The Balaban J connectivity index is 1.91. The minimum atomic E-state index is -0.466. The quantitative estimate of drug-likeness (QED) is 0.473. The van der Waals surface area contributed by atoms with E-state index < -0.39 is 5.91 Å². The number of hydrazine groups is 1. The van der Waals surface area contributed by atoms with Crippen LogP contribution < -0.4 is 16.0 Å². The smallest absolute Gasteiger partial charge is 0.287 e. The number of aromatic nitrogens is 3. The van der Waals surface area contributed by atoms with Crippen molar-refractivity contribution in [3.05, 3.63) is 41.2 Å². The molecule has 0 radical (unpaired) electrons. The van der Waals surface area contributed by atoms with Crippen molar-refractivity contribution in [1.29, 1.82) is 0 Å². The summed E-state index contributed by atoms with van der Waals surface area (Å²) in [6.07, 6.45) is 1.52. The van der Waals surface area contributed by atoms with Gasteiger partial charge in [0.05, 0.1) is 12.7 Å². The van der Waals surface area contributed by atoms with Gasteiger partial charge in [0.1, 0.15) is 12.4 Å². The molecule has 7 heteroatoms. The Morgan fingerprint density at radius 3 is 3.00 bits per heavy atom. The van der Waals surface area contributed by atoms with Gasteiger partial charge in [-0.2, -0.15) is 0 Å². The van der Waals surface area contributed by atoms with E-state index in [1.165, 1.54) is 16.4 Å². The van der Waals surface area contributed by atoms with E-state index in [4.69, 9.17) is 10.6 Å². The lowest BCUT2D eigenvalue weighted by Crippen LogP contribution is -2.30. The zero-order valence-electron chi connectivity index (χ0n) is 11.5. The first-order valence-corrected chi connectivity index (χ1v) is 6.22. The molecule has 0 bridgehead atoms. The third-order valence-electron chi connectivity index (χ3n) is 3.04. The number of rotatable bonds is 5. The van der Waals surface area contributed by atoms with Gasteiger partial charge in [-0.05, 0) is 31.0 Å². The van der Waals surface area contributed by atoms with Gasteiger partial charge in [0.2, 0.25) is 0 Å². The predicted octanol–water partition coefficient (Wildman–Crippen LogP) is 0.577. The summed E-state index contributed by atoms with van der Waals surface area (Å²) in [6.45, 7) is 5.00. The third kappa shape index (κ3) is 3.12. The molecule has 3 N–H and O–H groups in total. The molecular formula is C13H17N5O2. The Bertz CT molecular complexity index is 609. The van der Waals surface area contributed by atoms with Gasteiger partial charge in [-0.15, -0.1) is 5.10 Å². The van der Waals surface area contributed by atoms with Crippen LogP contribution in [0.15, 0.2) is 24.4 Å². The van der Waals surface area contributed by atoms with Crippen LogP contribution in [0, 0.1) is 13.8 Å². The van der Waals surface area contributed by atoms with Crippen molar-refractivity contribution in [3.63, 3.8) is 0 Å². The first-order chi connectivity index (χ1) is 9.61. The van der Waals surface area contributed by atoms with Crippen LogP contribution in [-0.2, 0) is 6.54 Å². The van der Waals surface area contributed by atoms with E-state index in [1.54, 1.807) is 0 Å². The molecule has 1 aromatic heterocycles. The highest BCUT2D eigenvalue weighted by atomic mass is 16.5. The van der Waals surface area contributed by atoms with Crippen molar-refractivity contribution in [2.24, 2.45) is 5.84 Å². The number of hydrogen-bond donors (Lipinski definition) is 2. The van der Waals surface area contributed by atoms with Crippen LogP contribution in [0.3, 0.4) is 0 Å². The van der Waals surface area contributed by atoms with Gasteiger partial charge >= 0.3 is 0 Å². The first kappa shape index (κ1) is 14.0. The van der Waals surface area contributed by atoms with Crippen molar-refractivity contribution >= 4 is 5.91 Å². The molecule has 1 amide bonds. The van der Waals surface area contributed by atoms with Gasteiger partial charge in [0.15, 0.2) is 5.69 Å². The fourth-order valence-corrected chi connectivity index (χ4v) is 1.72. The fraction of sp³-hybridized carbons (Fsp3) is 0.308. The number of ether oxygens (including phenoxy) is 1. The molecule has 2 rings (SSSR count). The molecule has 2 aromatic rings. The van der Waals surface area contributed by atoms with E-state index in [2.05, 4.69) is 10.3 Å². The van der Waals surface area contributed by atoms with Crippen LogP contribution in [0.25, 0.3) is 0 Å². The van der Waals surface area contributed by atoms with Crippen molar-refractivity contribution in [2.45, 2.75) is 20.4 Å². The molecule has 0 unspecified atom stereocenters. The van der Waals surface area contributed by atoms with Crippen molar-refractivity contribution in [2.75, 3.05) is 6.61 Å². The van der Waals surface area contributed by atoms with Gasteiger partial charge in [-0.25, -0.2) is 10.5 Å². The maximum absolute atomic E-state index is 11.2. The molecule has 0 spiro atoms. The first-order valence-electron chi connectivity index (χ1n) is 6.22. The molecule has 0 saturated carbocycles. The summed E-state index contributed by atoms with van der Waals surface area (Å²) in [5.74, 6) is 5.40. The molecule has 20 heavy (non-hydrogen) atoms. The lowest BCUT2D eigenvalue weighted by atomic mass is 10.1. The second-order valence-electron chi connectivity index (χ2n) is 4.39. The average molecular weight is 275 g/mol. The molecule has 1 aromatic carbocycles. The minimum absolute atomic E-state index is 0.180. The van der Waals surface area contributed by atoms with E-state index in [0.717, 1.165) is 11.3 Å². The molecule has 0 atom stereocenters. The molecule has 0 aliphatic heterocycles. The second kappa shape index (κ2) is 6.16. The van der Waals surface area contributed by atoms with Gasteiger partial charge in [0.25, 0.3) is 5.91 Å². The van der Waals surface area contributed by atoms with E-state index in [1.807, 2.05) is 37.5 Å². The van der Waals surface area contributed by atoms with Gasteiger partial charge in [-0.3, -0.25) is 10.2 Å². The predicted molar refractivity (Wildman–Crippen MR) is 73.1 cm³/mol. The number of nitrogens with two attached hydrogens (primary N) is 1. The Morgan fingerprint density at radius 1 is 1.45 bits per heavy atom. The summed E-state index contributed by atoms with van der Waals surface area (Å²) in [4.78, 5) is 11.2. The summed E-state index contributed by atoms with van der Waals surface area (Å²) in [5.41, 5.74) is 4.49.